The fourth-order valence-electron chi connectivity index (χ4n) is 2.42. The van der Waals surface area contributed by atoms with Gasteiger partial charge in [0, 0.05) is 18.5 Å². The number of nitrogens with zero attached hydrogens (tertiary/aromatic N) is 3. The first-order valence-electron chi connectivity index (χ1n) is 6.79. The van der Waals surface area contributed by atoms with Crippen LogP contribution in [0.2, 0.25) is 0 Å². The van der Waals surface area contributed by atoms with Gasteiger partial charge in [0.15, 0.2) is 5.65 Å². The molecule has 3 aromatic rings. The summed E-state index contributed by atoms with van der Waals surface area (Å²) >= 11 is 5.86. The molecule has 0 radical (unpaired) electrons. The number of aromatic nitrogens is 3. The molecule has 1 aromatic carbocycles. The number of hydrogen-bond acceptors (Lipinski definition) is 2. The molecule has 21 heavy (non-hydrogen) atoms. The molecule has 2 heterocycles. The highest BCUT2D eigenvalue weighted by Gasteiger charge is 2.12. The number of halogens is 2. The molecule has 0 saturated carbocycles. The number of fused-ring (bicyclic) bond motifs is 1. The Morgan fingerprint density at radius 1 is 1.29 bits per heavy atom. The van der Waals surface area contributed by atoms with Crippen LogP contribution in [0.3, 0.4) is 0 Å². The molecule has 0 fully saturated rings. The Morgan fingerprint density at radius 3 is 2.90 bits per heavy atom. The van der Waals surface area contributed by atoms with Crippen molar-refractivity contribution in [2.24, 2.45) is 0 Å². The van der Waals surface area contributed by atoms with Crippen molar-refractivity contribution in [3.63, 3.8) is 0 Å². The highest BCUT2D eigenvalue weighted by molar-refractivity contribution is 6.17. The van der Waals surface area contributed by atoms with Crippen LogP contribution in [-0.2, 0) is 13.0 Å². The number of alkyl halides is 1. The Bertz CT molecular complexity index is 782. The first-order valence-corrected chi connectivity index (χ1v) is 7.33. The predicted octanol–water partition coefficient (Wildman–Crippen LogP) is 3.71. The van der Waals surface area contributed by atoms with Gasteiger partial charge in [0.1, 0.15) is 17.2 Å². The lowest BCUT2D eigenvalue weighted by Crippen LogP contribution is -2.07. The lowest BCUT2D eigenvalue weighted by Gasteiger charge is -2.08. The molecule has 2 aromatic heterocycles. The average molecular weight is 304 g/mol. The Kier molecular flexibility index (Phi) is 3.88. The van der Waals surface area contributed by atoms with Gasteiger partial charge < -0.3 is 4.57 Å². The number of hydrogen-bond donors (Lipinski definition) is 0. The second-order valence-corrected chi connectivity index (χ2v) is 5.42. The molecule has 3 nitrogen and oxygen atoms in total. The maximum absolute atomic E-state index is 13.3. The highest BCUT2D eigenvalue weighted by Crippen LogP contribution is 2.18. The summed E-state index contributed by atoms with van der Waals surface area (Å²) in [6.07, 6.45) is 2.48. The second-order valence-electron chi connectivity index (χ2n) is 5.04. The summed E-state index contributed by atoms with van der Waals surface area (Å²) in [7, 11) is 0. The Balaban J connectivity index is 2.08. The third-order valence-corrected chi connectivity index (χ3v) is 3.54. The van der Waals surface area contributed by atoms with Crippen molar-refractivity contribution >= 4 is 22.8 Å². The minimum Gasteiger partial charge on any atom is -0.308 e. The van der Waals surface area contributed by atoms with E-state index in [1.807, 2.05) is 29.8 Å². The van der Waals surface area contributed by atoms with Crippen LogP contribution in [0, 0.1) is 12.7 Å². The highest BCUT2D eigenvalue weighted by atomic mass is 35.5. The van der Waals surface area contributed by atoms with Crippen LogP contribution in [0.25, 0.3) is 11.2 Å². The molecule has 108 valence electrons. The van der Waals surface area contributed by atoms with Gasteiger partial charge in [-0.15, -0.1) is 11.6 Å². The first kappa shape index (κ1) is 14.0. The molecule has 0 unspecified atom stereocenters. The van der Waals surface area contributed by atoms with E-state index in [4.69, 9.17) is 11.6 Å². The quantitative estimate of drug-likeness (QED) is 0.688. The van der Waals surface area contributed by atoms with Crippen molar-refractivity contribution in [1.29, 1.82) is 0 Å². The minimum absolute atomic E-state index is 0.236. The van der Waals surface area contributed by atoms with Crippen LogP contribution in [-0.4, -0.2) is 20.4 Å². The van der Waals surface area contributed by atoms with Gasteiger partial charge in [0.05, 0.1) is 6.54 Å². The molecular formula is C16H15ClFN3. The molecule has 0 saturated heterocycles. The summed E-state index contributed by atoms with van der Waals surface area (Å²) in [6.45, 7) is 2.52. The lowest BCUT2D eigenvalue weighted by molar-refractivity contribution is 0.623. The predicted molar refractivity (Wildman–Crippen MR) is 82.2 cm³/mol. The van der Waals surface area contributed by atoms with E-state index in [0.29, 0.717) is 18.8 Å². The molecule has 0 spiro atoms. The maximum atomic E-state index is 13.3. The Labute approximate surface area is 127 Å². The molecule has 0 amide bonds. The number of rotatable bonds is 4. The van der Waals surface area contributed by atoms with Crippen molar-refractivity contribution in [3.8, 4) is 0 Å². The second kappa shape index (κ2) is 5.82. The van der Waals surface area contributed by atoms with Crippen LogP contribution in [0.1, 0.15) is 17.0 Å². The number of imidazole rings is 1. The molecule has 3 rings (SSSR count). The summed E-state index contributed by atoms with van der Waals surface area (Å²) in [5.74, 6) is 1.13. The van der Waals surface area contributed by atoms with Gasteiger partial charge in [0.2, 0.25) is 0 Å². The van der Waals surface area contributed by atoms with Gasteiger partial charge >= 0.3 is 0 Å². The SMILES string of the molecule is Cc1cnc2c(c1)nc(CCCl)n2Cc1cccc(F)c1. The van der Waals surface area contributed by atoms with E-state index in [1.165, 1.54) is 12.1 Å². The van der Waals surface area contributed by atoms with Gasteiger partial charge in [0.25, 0.3) is 0 Å². The Morgan fingerprint density at radius 2 is 2.14 bits per heavy atom. The lowest BCUT2D eigenvalue weighted by atomic mass is 10.2. The van der Waals surface area contributed by atoms with Gasteiger partial charge in [-0.25, -0.2) is 14.4 Å². The zero-order valence-electron chi connectivity index (χ0n) is 11.7. The van der Waals surface area contributed by atoms with E-state index in [-0.39, 0.29) is 5.82 Å². The molecule has 0 atom stereocenters. The number of aryl methyl sites for hydroxylation is 2. The van der Waals surface area contributed by atoms with Gasteiger partial charge in [-0.3, -0.25) is 0 Å². The monoisotopic (exact) mass is 303 g/mol. The minimum atomic E-state index is -0.236. The normalized spacial score (nSPS) is 11.2. The van der Waals surface area contributed by atoms with Crippen LogP contribution >= 0.6 is 11.6 Å². The molecule has 0 aliphatic carbocycles. The molecule has 0 aliphatic heterocycles. The van der Waals surface area contributed by atoms with E-state index in [9.17, 15) is 4.39 Å². The van der Waals surface area contributed by atoms with E-state index in [0.717, 1.165) is 28.1 Å². The number of pyridine rings is 1. The van der Waals surface area contributed by atoms with Crippen LogP contribution in [0.4, 0.5) is 4.39 Å². The van der Waals surface area contributed by atoms with Crippen molar-refractivity contribution in [2.45, 2.75) is 19.9 Å². The van der Waals surface area contributed by atoms with Crippen LogP contribution in [0.15, 0.2) is 36.5 Å². The summed E-state index contributed by atoms with van der Waals surface area (Å²) in [6, 6.07) is 8.58. The molecule has 5 heteroatoms. The fraction of sp³-hybridized carbons (Fsp3) is 0.250. The summed E-state index contributed by atoms with van der Waals surface area (Å²) in [5.41, 5.74) is 3.61. The topological polar surface area (TPSA) is 30.7 Å². The third-order valence-electron chi connectivity index (χ3n) is 3.35. The van der Waals surface area contributed by atoms with Crippen LogP contribution < -0.4 is 0 Å². The molecule has 0 N–H and O–H groups in total. The molecule has 0 aliphatic rings. The first-order chi connectivity index (χ1) is 10.2. The van der Waals surface area contributed by atoms with E-state index >= 15 is 0 Å². The van der Waals surface area contributed by atoms with Crippen molar-refractivity contribution in [2.75, 3.05) is 5.88 Å². The third kappa shape index (κ3) is 2.90. The van der Waals surface area contributed by atoms with E-state index in [2.05, 4.69) is 9.97 Å². The van der Waals surface area contributed by atoms with Crippen molar-refractivity contribution in [3.05, 3.63) is 59.3 Å². The smallest absolute Gasteiger partial charge is 0.160 e. The van der Waals surface area contributed by atoms with Crippen molar-refractivity contribution in [1.82, 2.24) is 14.5 Å². The number of benzene rings is 1. The van der Waals surface area contributed by atoms with E-state index < -0.39 is 0 Å². The molecular weight excluding hydrogens is 289 g/mol. The summed E-state index contributed by atoms with van der Waals surface area (Å²) < 4.78 is 15.4. The summed E-state index contributed by atoms with van der Waals surface area (Å²) in [4.78, 5) is 9.07. The Hall–Kier alpha value is -1.94. The van der Waals surface area contributed by atoms with Gasteiger partial charge in [-0.1, -0.05) is 12.1 Å². The maximum Gasteiger partial charge on any atom is 0.160 e. The fourth-order valence-corrected chi connectivity index (χ4v) is 2.59. The zero-order chi connectivity index (χ0) is 14.8. The largest absolute Gasteiger partial charge is 0.308 e. The van der Waals surface area contributed by atoms with Crippen LogP contribution in [0.5, 0.6) is 0 Å². The van der Waals surface area contributed by atoms with Gasteiger partial charge in [-0.05, 0) is 36.2 Å². The zero-order valence-corrected chi connectivity index (χ0v) is 12.4. The average Bonchev–Trinajstić information content (AvgIpc) is 2.76. The van der Waals surface area contributed by atoms with Crippen molar-refractivity contribution < 1.29 is 4.39 Å². The summed E-state index contributed by atoms with van der Waals surface area (Å²) in [5, 5.41) is 0. The van der Waals surface area contributed by atoms with Gasteiger partial charge in [-0.2, -0.15) is 0 Å². The van der Waals surface area contributed by atoms with E-state index in [1.54, 1.807) is 6.07 Å². The standard InChI is InChI=1S/C16H15ClFN3/c1-11-7-14-16(19-9-11)21(15(20-14)5-6-17)10-12-3-2-4-13(18)8-12/h2-4,7-9H,5-6,10H2,1H3. The molecule has 0 bridgehead atoms.